The van der Waals surface area contributed by atoms with Crippen LogP contribution in [0.25, 0.3) is 6.08 Å². The highest BCUT2D eigenvalue weighted by atomic mass is 32.2. The van der Waals surface area contributed by atoms with E-state index in [1.807, 2.05) is 30.5 Å². The first-order valence-electron chi connectivity index (χ1n) is 4.74. The molecule has 0 radical (unpaired) electrons. The average molecular weight is 238 g/mol. The summed E-state index contributed by atoms with van der Waals surface area (Å²) in [5.41, 5.74) is 0.932. The number of carbonyl (C=O) groups is 1. The van der Waals surface area contributed by atoms with Crippen LogP contribution in [0.3, 0.4) is 0 Å². The van der Waals surface area contributed by atoms with Crippen molar-refractivity contribution in [1.29, 1.82) is 0 Å². The summed E-state index contributed by atoms with van der Waals surface area (Å²) in [5.74, 6) is 0.846. The van der Waals surface area contributed by atoms with Crippen molar-refractivity contribution in [2.75, 3.05) is 19.3 Å². The molecule has 0 aliphatic carbocycles. The van der Waals surface area contributed by atoms with Gasteiger partial charge in [-0.25, -0.2) is 4.79 Å². The maximum Gasteiger partial charge on any atom is 0.331 e. The van der Waals surface area contributed by atoms with Gasteiger partial charge in [0.15, 0.2) is 0 Å². The second-order valence-corrected chi connectivity index (χ2v) is 3.79. The van der Waals surface area contributed by atoms with Crippen molar-refractivity contribution < 1.29 is 14.3 Å². The van der Waals surface area contributed by atoms with E-state index < -0.39 is 0 Å². The van der Waals surface area contributed by atoms with Crippen molar-refractivity contribution in [2.24, 2.45) is 0 Å². The van der Waals surface area contributed by atoms with E-state index in [-0.39, 0.29) is 5.97 Å². The van der Waals surface area contributed by atoms with Crippen LogP contribution in [0.4, 0.5) is 0 Å². The molecule has 0 saturated carbocycles. The predicted molar refractivity (Wildman–Crippen MR) is 66.5 cm³/mol. The molecule has 1 rings (SSSR count). The average Bonchev–Trinajstić information content (AvgIpc) is 2.34. The molecule has 3 nitrogen and oxygen atoms in total. The lowest BCUT2D eigenvalue weighted by Gasteiger charge is -1.99. The Hall–Kier alpha value is -1.42. The summed E-state index contributed by atoms with van der Waals surface area (Å²) >= 11 is 1.46. The van der Waals surface area contributed by atoms with Gasteiger partial charge in [0.2, 0.25) is 0 Å². The lowest BCUT2D eigenvalue weighted by molar-refractivity contribution is -0.135. The molecule has 1 aromatic carbocycles. The van der Waals surface area contributed by atoms with Crippen molar-refractivity contribution in [3.05, 3.63) is 35.9 Å². The molecular formula is C12H14O3S. The number of rotatable bonds is 5. The van der Waals surface area contributed by atoms with E-state index in [1.165, 1.54) is 17.8 Å². The van der Waals surface area contributed by atoms with Gasteiger partial charge in [0.1, 0.15) is 11.7 Å². The summed E-state index contributed by atoms with van der Waals surface area (Å²) in [4.78, 5) is 11.2. The third kappa shape index (κ3) is 4.40. The molecule has 0 bridgehead atoms. The molecule has 0 heterocycles. The van der Waals surface area contributed by atoms with Crippen LogP contribution in [0.5, 0.6) is 5.75 Å². The normalized spacial score (nSPS) is 10.4. The fraction of sp³-hybridized carbons (Fsp3) is 0.250. The van der Waals surface area contributed by atoms with Crippen molar-refractivity contribution in [3.63, 3.8) is 0 Å². The van der Waals surface area contributed by atoms with Gasteiger partial charge in [-0.1, -0.05) is 12.1 Å². The SMILES string of the molecule is COc1ccc(C=CC(=O)OCSC)cc1. The molecule has 0 aliphatic heterocycles. The van der Waals surface area contributed by atoms with Crippen LogP contribution < -0.4 is 4.74 Å². The zero-order chi connectivity index (χ0) is 11.8. The predicted octanol–water partition coefficient (Wildman–Crippen LogP) is 2.57. The Morgan fingerprint density at radius 1 is 1.38 bits per heavy atom. The number of thioether (sulfide) groups is 1. The van der Waals surface area contributed by atoms with Gasteiger partial charge in [-0.05, 0) is 30.0 Å². The van der Waals surface area contributed by atoms with Crippen molar-refractivity contribution in [2.45, 2.75) is 0 Å². The number of carbonyl (C=O) groups excluding carboxylic acids is 1. The van der Waals surface area contributed by atoms with Gasteiger partial charge >= 0.3 is 5.97 Å². The van der Waals surface area contributed by atoms with Crippen LogP contribution >= 0.6 is 11.8 Å². The molecule has 0 atom stereocenters. The standard InChI is InChI=1S/C12H14O3S/c1-14-11-6-3-10(4-7-11)5-8-12(13)15-9-16-2/h3-8H,9H2,1-2H3. The zero-order valence-electron chi connectivity index (χ0n) is 9.30. The first-order valence-corrected chi connectivity index (χ1v) is 6.13. The summed E-state index contributed by atoms with van der Waals surface area (Å²) in [7, 11) is 1.62. The quantitative estimate of drug-likeness (QED) is 0.449. The van der Waals surface area contributed by atoms with Crippen LogP contribution in [-0.2, 0) is 9.53 Å². The van der Waals surface area contributed by atoms with Crippen LogP contribution in [0.1, 0.15) is 5.56 Å². The molecule has 16 heavy (non-hydrogen) atoms. The molecule has 0 aliphatic rings. The Morgan fingerprint density at radius 3 is 2.62 bits per heavy atom. The number of hydrogen-bond acceptors (Lipinski definition) is 4. The van der Waals surface area contributed by atoms with E-state index in [9.17, 15) is 4.79 Å². The van der Waals surface area contributed by atoms with Crippen molar-refractivity contribution in [1.82, 2.24) is 0 Å². The van der Waals surface area contributed by atoms with E-state index >= 15 is 0 Å². The summed E-state index contributed by atoms with van der Waals surface area (Å²) in [5, 5.41) is 0. The second kappa shape index (κ2) is 6.95. The molecule has 0 aromatic heterocycles. The van der Waals surface area contributed by atoms with Crippen molar-refractivity contribution >= 4 is 23.8 Å². The van der Waals surface area contributed by atoms with Crippen molar-refractivity contribution in [3.8, 4) is 5.75 Å². The Balaban J connectivity index is 2.52. The van der Waals surface area contributed by atoms with Crippen LogP contribution in [-0.4, -0.2) is 25.3 Å². The lowest BCUT2D eigenvalue weighted by atomic mass is 10.2. The molecule has 0 saturated heterocycles. The van der Waals surface area contributed by atoms with Gasteiger partial charge < -0.3 is 9.47 Å². The van der Waals surface area contributed by atoms with E-state index in [1.54, 1.807) is 13.2 Å². The minimum atomic E-state index is -0.329. The third-order valence-corrected chi connectivity index (χ3v) is 2.20. The summed E-state index contributed by atoms with van der Waals surface area (Å²) in [6.07, 6.45) is 5.00. The molecule has 0 unspecified atom stereocenters. The topological polar surface area (TPSA) is 35.5 Å². The van der Waals surface area contributed by atoms with Crippen LogP contribution in [0, 0.1) is 0 Å². The van der Waals surface area contributed by atoms with Gasteiger partial charge in [-0.3, -0.25) is 0 Å². The summed E-state index contributed by atoms with van der Waals surface area (Å²) in [6.45, 7) is 0. The molecule has 0 fully saturated rings. The van der Waals surface area contributed by atoms with Crippen LogP contribution in [0.15, 0.2) is 30.3 Å². The first kappa shape index (κ1) is 12.6. The number of methoxy groups -OCH3 is 1. The van der Waals surface area contributed by atoms with E-state index in [0.717, 1.165) is 11.3 Å². The summed E-state index contributed by atoms with van der Waals surface area (Å²) < 4.78 is 9.90. The monoisotopic (exact) mass is 238 g/mol. The van der Waals surface area contributed by atoms with Gasteiger partial charge in [0.25, 0.3) is 0 Å². The highest BCUT2D eigenvalue weighted by Crippen LogP contribution is 2.12. The number of hydrogen-bond donors (Lipinski definition) is 0. The lowest BCUT2D eigenvalue weighted by Crippen LogP contribution is -1.98. The molecular weight excluding hydrogens is 224 g/mol. The third-order valence-electron chi connectivity index (χ3n) is 1.85. The molecule has 0 amide bonds. The highest BCUT2D eigenvalue weighted by molar-refractivity contribution is 7.98. The van der Waals surface area contributed by atoms with Gasteiger partial charge in [0, 0.05) is 6.08 Å². The van der Waals surface area contributed by atoms with E-state index in [2.05, 4.69) is 0 Å². The summed E-state index contributed by atoms with van der Waals surface area (Å²) in [6, 6.07) is 7.42. The first-order chi connectivity index (χ1) is 7.76. The Bertz CT molecular complexity index is 357. The fourth-order valence-corrected chi connectivity index (χ4v) is 1.28. The van der Waals surface area contributed by atoms with Gasteiger partial charge in [0.05, 0.1) is 7.11 Å². The molecule has 4 heteroatoms. The van der Waals surface area contributed by atoms with Crippen LogP contribution in [0.2, 0.25) is 0 Å². The van der Waals surface area contributed by atoms with E-state index in [0.29, 0.717) is 5.94 Å². The maximum atomic E-state index is 11.2. The molecule has 0 spiro atoms. The Morgan fingerprint density at radius 2 is 2.06 bits per heavy atom. The molecule has 0 N–H and O–H groups in total. The molecule has 1 aromatic rings. The fourth-order valence-electron chi connectivity index (χ4n) is 1.04. The zero-order valence-corrected chi connectivity index (χ0v) is 10.1. The smallest absolute Gasteiger partial charge is 0.331 e. The number of ether oxygens (including phenoxy) is 2. The highest BCUT2D eigenvalue weighted by Gasteiger charge is 1.95. The second-order valence-electron chi connectivity index (χ2n) is 2.98. The minimum absolute atomic E-state index is 0.329. The largest absolute Gasteiger partial charge is 0.497 e. The molecule has 86 valence electrons. The van der Waals surface area contributed by atoms with Gasteiger partial charge in [-0.15, -0.1) is 11.8 Å². The van der Waals surface area contributed by atoms with Gasteiger partial charge in [-0.2, -0.15) is 0 Å². The Kier molecular flexibility index (Phi) is 5.50. The number of benzene rings is 1. The minimum Gasteiger partial charge on any atom is -0.497 e. The van der Waals surface area contributed by atoms with E-state index in [4.69, 9.17) is 9.47 Å². The Labute approximate surface area is 99.4 Å². The number of esters is 1. The maximum absolute atomic E-state index is 11.2.